The van der Waals surface area contributed by atoms with E-state index in [1.807, 2.05) is 24.3 Å². The molecule has 1 heterocycles. The minimum Gasteiger partial charge on any atom is -0.452 e. The summed E-state index contributed by atoms with van der Waals surface area (Å²) in [5, 5.41) is 0.656. The Morgan fingerprint density at radius 2 is 1.73 bits per heavy atom. The fourth-order valence-electron chi connectivity index (χ4n) is 3.25. The molecule has 7 nitrogen and oxygen atoms in total. The zero-order valence-corrected chi connectivity index (χ0v) is 18.2. The number of esters is 1. The Bertz CT molecular complexity index is 1030. The Kier molecular flexibility index (Phi) is 6.99. The van der Waals surface area contributed by atoms with Gasteiger partial charge in [-0.25, -0.2) is 13.2 Å². The van der Waals surface area contributed by atoms with Crippen LogP contribution in [-0.4, -0.2) is 63.7 Å². The summed E-state index contributed by atoms with van der Waals surface area (Å²) in [7, 11) is -3.58. The molecule has 0 unspecified atom stereocenters. The van der Waals surface area contributed by atoms with Gasteiger partial charge in [0.15, 0.2) is 16.4 Å². The highest BCUT2D eigenvalue weighted by atomic mass is 35.5. The smallest absolute Gasteiger partial charge is 0.339 e. The normalized spacial score (nSPS) is 14.5. The maximum absolute atomic E-state index is 12.5. The molecule has 0 bridgehead atoms. The van der Waals surface area contributed by atoms with Crippen LogP contribution in [0.15, 0.2) is 53.4 Å². The van der Waals surface area contributed by atoms with Crippen LogP contribution in [0.1, 0.15) is 17.3 Å². The van der Waals surface area contributed by atoms with Crippen molar-refractivity contribution in [1.29, 1.82) is 0 Å². The maximum Gasteiger partial charge on any atom is 0.339 e. The number of sulfone groups is 1. The highest BCUT2D eigenvalue weighted by molar-refractivity contribution is 7.91. The van der Waals surface area contributed by atoms with E-state index in [9.17, 15) is 18.0 Å². The summed E-state index contributed by atoms with van der Waals surface area (Å²) in [5.41, 5.74) is 0.938. The van der Waals surface area contributed by atoms with Gasteiger partial charge in [-0.05, 0) is 30.3 Å². The average Bonchev–Trinajstić information content (AvgIpc) is 2.77. The molecule has 0 spiro atoms. The van der Waals surface area contributed by atoms with Crippen molar-refractivity contribution in [3.05, 3.63) is 59.1 Å². The van der Waals surface area contributed by atoms with Gasteiger partial charge >= 0.3 is 5.97 Å². The van der Waals surface area contributed by atoms with Crippen LogP contribution in [0.4, 0.5) is 5.69 Å². The molecule has 1 aliphatic heterocycles. The van der Waals surface area contributed by atoms with Crippen LogP contribution in [-0.2, 0) is 19.4 Å². The number of ether oxygens (including phenoxy) is 1. The SMILES string of the molecule is CCS(=O)(=O)c1ccccc1C(=O)OCC(=O)N1CCN(c2cccc(Cl)c2)CC1. The highest BCUT2D eigenvalue weighted by Gasteiger charge is 2.25. The second kappa shape index (κ2) is 9.49. The lowest BCUT2D eigenvalue weighted by Crippen LogP contribution is -2.49. The van der Waals surface area contributed by atoms with Crippen molar-refractivity contribution in [2.24, 2.45) is 0 Å². The molecule has 0 aromatic heterocycles. The largest absolute Gasteiger partial charge is 0.452 e. The minimum absolute atomic E-state index is 0.0575. The molecule has 3 rings (SSSR count). The van der Waals surface area contributed by atoms with Gasteiger partial charge in [0, 0.05) is 36.9 Å². The first-order valence-electron chi connectivity index (χ1n) is 9.59. The number of hydrogen-bond donors (Lipinski definition) is 0. The number of nitrogens with zero attached hydrogens (tertiary/aromatic N) is 2. The lowest BCUT2D eigenvalue weighted by Gasteiger charge is -2.36. The minimum atomic E-state index is -3.58. The van der Waals surface area contributed by atoms with Crippen LogP contribution in [0.3, 0.4) is 0 Å². The van der Waals surface area contributed by atoms with E-state index in [4.69, 9.17) is 16.3 Å². The van der Waals surface area contributed by atoms with Gasteiger partial charge < -0.3 is 14.5 Å². The van der Waals surface area contributed by atoms with Crippen molar-refractivity contribution in [2.45, 2.75) is 11.8 Å². The van der Waals surface area contributed by atoms with Crippen LogP contribution < -0.4 is 4.90 Å². The number of halogens is 1. The third-order valence-corrected chi connectivity index (χ3v) is 6.98. The summed E-state index contributed by atoms with van der Waals surface area (Å²) in [6.45, 7) is 3.32. The van der Waals surface area contributed by atoms with Gasteiger partial charge in [-0.2, -0.15) is 0 Å². The van der Waals surface area contributed by atoms with Crippen molar-refractivity contribution in [1.82, 2.24) is 4.90 Å². The first-order chi connectivity index (χ1) is 14.3. The fraction of sp³-hybridized carbons (Fsp3) is 0.333. The molecule has 0 saturated carbocycles. The number of anilines is 1. The highest BCUT2D eigenvalue weighted by Crippen LogP contribution is 2.21. The van der Waals surface area contributed by atoms with Gasteiger partial charge in [0.05, 0.1) is 16.2 Å². The van der Waals surface area contributed by atoms with E-state index in [1.165, 1.54) is 19.1 Å². The molecule has 30 heavy (non-hydrogen) atoms. The lowest BCUT2D eigenvalue weighted by atomic mass is 10.2. The molecule has 0 aliphatic carbocycles. The Hall–Kier alpha value is -2.58. The number of rotatable bonds is 6. The van der Waals surface area contributed by atoms with Gasteiger partial charge in [-0.15, -0.1) is 0 Å². The molecule has 0 N–H and O–H groups in total. The molecular weight excluding hydrogens is 428 g/mol. The standard InChI is InChI=1S/C21H23ClN2O5S/c1-2-30(27,28)19-9-4-3-8-18(19)21(26)29-15-20(25)24-12-10-23(11-13-24)17-7-5-6-16(22)14-17/h3-9,14H,2,10-13,15H2,1H3. The van der Waals surface area contributed by atoms with E-state index in [0.29, 0.717) is 31.2 Å². The summed E-state index contributed by atoms with van der Waals surface area (Å²) < 4.78 is 29.5. The van der Waals surface area contributed by atoms with Gasteiger partial charge in [0.2, 0.25) is 0 Å². The Labute approximate surface area is 181 Å². The van der Waals surface area contributed by atoms with Crippen molar-refractivity contribution in [3.63, 3.8) is 0 Å². The number of piperazine rings is 1. The molecule has 2 aromatic rings. The Balaban J connectivity index is 1.56. The first kappa shape index (κ1) is 22.1. The third-order valence-electron chi connectivity index (χ3n) is 4.95. The number of hydrogen-bond acceptors (Lipinski definition) is 6. The molecular formula is C21H23ClN2O5S. The fourth-order valence-corrected chi connectivity index (χ4v) is 4.51. The number of carbonyl (C=O) groups excluding carboxylic acids is 2. The maximum atomic E-state index is 12.5. The van der Waals surface area contributed by atoms with E-state index in [0.717, 1.165) is 5.69 Å². The van der Waals surface area contributed by atoms with Crippen LogP contribution in [0, 0.1) is 0 Å². The van der Waals surface area contributed by atoms with Gasteiger partial charge in [-0.3, -0.25) is 4.79 Å². The number of benzene rings is 2. The lowest BCUT2D eigenvalue weighted by molar-refractivity contribution is -0.134. The molecule has 9 heteroatoms. The van der Waals surface area contributed by atoms with Gasteiger partial charge in [0.25, 0.3) is 5.91 Å². The van der Waals surface area contributed by atoms with E-state index < -0.39 is 22.4 Å². The molecule has 160 valence electrons. The molecule has 1 amide bonds. The van der Waals surface area contributed by atoms with E-state index in [-0.39, 0.29) is 22.1 Å². The van der Waals surface area contributed by atoms with Crippen LogP contribution in [0.5, 0.6) is 0 Å². The molecule has 2 aromatic carbocycles. The summed E-state index contributed by atoms with van der Waals surface area (Å²) in [6.07, 6.45) is 0. The van der Waals surface area contributed by atoms with E-state index >= 15 is 0 Å². The van der Waals surface area contributed by atoms with Crippen LogP contribution in [0.2, 0.25) is 5.02 Å². The van der Waals surface area contributed by atoms with E-state index in [2.05, 4.69) is 4.90 Å². The molecule has 1 fully saturated rings. The second-order valence-corrected chi connectivity index (χ2v) is 9.51. The van der Waals surface area contributed by atoms with Crippen molar-refractivity contribution in [2.75, 3.05) is 43.4 Å². The summed E-state index contributed by atoms with van der Waals surface area (Å²) in [5.74, 6) is -1.27. The van der Waals surface area contributed by atoms with Crippen molar-refractivity contribution < 1.29 is 22.7 Å². The molecule has 1 aliphatic rings. The summed E-state index contributed by atoms with van der Waals surface area (Å²) in [4.78, 5) is 28.5. The molecule has 0 atom stereocenters. The number of amides is 1. The zero-order chi connectivity index (χ0) is 21.7. The first-order valence-corrected chi connectivity index (χ1v) is 11.6. The summed E-state index contributed by atoms with van der Waals surface area (Å²) >= 11 is 6.04. The predicted molar refractivity (Wildman–Crippen MR) is 115 cm³/mol. The van der Waals surface area contributed by atoms with Gasteiger partial charge in [0.1, 0.15) is 0 Å². The van der Waals surface area contributed by atoms with Crippen LogP contribution in [0.25, 0.3) is 0 Å². The second-order valence-electron chi connectivity index (χ2n) is 6.82. The predicted octanol–water partition coefficient (Wildman–Crippen LogP) is 2.64. The monoisotopic (exact) mass is 450 g/mol. The Morgan fingerprint density at radius 3 is 2.40 bits per heavy atom. The summed E-state index contributed by atoms with van der Waals surface area (Å²) in [6, 6.07) is 13.4. The Morgan fingerprint density at radius 1 is 1.03 bits per heavy atom. The topological polar surface area (TPSA) is 84.0 Å². The van der Waals surface area contributed by atoms with Crippen molar-refractivity contribution in [3.8, 4) is 0 Å². The average molecular weight is 451 g/mol. The third kappa shape index (κ3) is 5.12. The number of carbonyl (C=O) groups is 2. The quantitative estimate of drug-likeness (QED) is 0.629. The molecule has 0 radical (unpaired) electrons. The van der Waals surface area contributed by atoms with E-state index in [1.54, 1.807) is 17.0 Å². The molecule has 1 saturated heterocycles. The van der Waals surface area contributed by atoms with Crippen LogP contribution >= 0.6 is 11.6 Å². The zero-order valence-electron chi connectivity index (χ0n) is 16.6. The van der Waals surface area contributed by atoms with Gasteiger partial charge in [-0.1, -0.05) is 36.7 Å². The van der Waals surface area contributed by atoms with Crippen molar-refractivity contribution >= 4 is 39.0 Å².